The Morgan fingerprint density at radius 3 is 2.81 bits per heavy atom. The molecule has 10 heteroatoms. The van der Waals surface area contributed by atoms with Crippen LogP contribution in [0.1, 0.15) is 18.6 Å². The van der Waals surface area contributed by atoms with Crippen LogP contribution in [0.25, 0.3) is 0 Å². The molecule has 0 aromatic carbocycles. The van der Waals surface area contributed by atoms with Crippen molar-refractivity contribution in [2.75, 3.05) is 11.9 Å². The molecular weight excluding hydrogens is 362 g/mol. The number of anilines is 1. The third-order valence-corrected chi connectivity index (χ3v) is 4.29. The second kappa shape index (κ2) is 6.50. The number of pyridine rings is 1. The van der Waals surface area contributed by atoms with E-state index in [0.29, 0.717) is 16.9 Å². The molecule has 2 heterocycles. The van der Waals surface area contributed by atoms with Gasteiger partial charge in [-0.05, 0) is 28.9 Å². The van der Waals surface area contributed by atoms with Crippen LogP contribution in [0.4, 0.5) is 5.82 Å². The first-order valence-corrected chi connectivity index (χ1v) is 8.38. The number of hydrogen-bond donors (Lipinski definition) is 2. The number of nitrogens with zero attached hydrogens (tertiary/aromatic N) is 3. The fraction of sp³-hybridized carbons (Fsp3) is 0.364. The average molecular weight is 376 g/mol. The van der Waals surface area contributed by atoms with Crippen LogP contribution < -0.4 is 10.0 Å². The zero-order valence-corrected chi connectivity index (χ0v) is 13.8. The minimum atomic E-state index is -3.75. The van der Waals surface area contributed by atoms with Crippen molar-refractivity contribution in [3.8, 4) is 0 Å². The van der Waals surface area contributed by atoms with Crippen LogP contribution in [0.15, 0.2) is 26.2 Å². The molecule has 2 aromatic heterocycles. The molecule has 2 aromatic rings. The van der Waals surface area contributed by atoms with E-state index in [1.807, 2.05) is 6.92 Å². The Hall–Kier alpha value is -1.52. The van der Waals surface area contributed by atoms with Crippen molar-refractivity contribution in [2.24, 2.45) is 0 Å². The maximum atomic E-state index is 12.4. The van der Waals surface area contributed by atoms with Gasteiger partial charge in [0, 0.05) is 24.1 Å². The topological polar surface area (TPSA) is 110 Å². The van der Waals surface area contributed by atoms with Crippen molar-refractivity contribution in [3.05, 3.63) is 28.5 Å². The molecule has 2 rings (SSSR count). The summed E-state index contributed by atoms with van der Waals surface area (Å²) in [5, 5.41) is 6.55. The van der Waals surface area contributed by atoms with E-state index in [4.69, 9.17) is 4.52 Å². The summed E-state index contributed by atoms with van der Waals surface area (Å²) in [6.07, 6.45) is 1.53. The van der Waals surface area contributed by atoms with Crippen molar-refractivity contribution in [2.45, 2.75) is 25.3 Å². The van der Waals surface area contributed by atoms with Gasteiger partial charge in [-0.2, -0.15) is 4.98 Å². The SMILES string of the molecule is CCNc1ncc(Br)cc1S(=O)(=O)NCc1noc(C)n1. The van der Waals surface area contributed by atoms with E-state index in [1.54, 1.807) is 6.92 Å². The molecule has 0 aliphatic heterocycles. The smallest absolute Gasteiger partial charge is 0.244 e. The number of aryl methyl sites for hydroxylation is 1. The van der Waals surface area contributed by atoms with Crippen molar-refractivity contribution in [1.29, 1.82) is 0 Å². The van der Waals surface area contributed by atoms with Crippen LogP contribution in [0.2, 0.25) is 0 Å². The van der Waals surface area contributed by atoms with E-state index in [9.17, 15) is 8.42 Å². The Labute approximate surface area is 130 Å². The summed E-state index contributed by atoms with van der Waals surface area (Å²) in [4.78, 5) is 8.06. The third-order valence-electron chi connectivity index (χ3n) is 2.44. The van der Waals surface area contributed by atoms with Gasteiger partial charge in [-0.3, -0.25) is 0 Å². The number of halogens is 1. The summed E-state index contributed by atoms with van der Waals surface area (Å²) < 4.78 is 32.5. The van der Waals surface area contributed by atoms with E-state index in [2.05, 4.69) is 41.1 Å². The van der Waals surface area contributed by atoms with Crippen LogP contribution in [0, 0.1) is 6.92 Å². The lowest BCUT2D eigenvalue weighted by Crippen LogP contribution is -2.25. The van der Waals surface area contributed by atoms with Gasteiger partial charge in [0.25, 0.3) is 0 Å². The van der Waals surface area contributed by atoms with Gasteiger partial charge in [0.05, 0.1) is 6.54 Å². The summed E-state index contributed by atoms with van der Waals surface area (Å²) >= 11 is 3.22. The fourth-order valence-corrected chi connectivity index (χ4v) is 3.20. The number of aromatic nitrogens is 3. The molecule has 0 amide bonds. The summed E-state index contributed by atoms with van der Waals surface area (Å²) in [7, 11) is -3.75. The molecule has 21 heavy (non-hydrogen) atoms. The number of sulfonamides is 1. The first-order chi connectivity index (χ1) is 9.92. The zero-order valence-electron chi connectivity index (χ0n) is 11.4. The average Bonchev–Trinajstić information content (AvgIpc) is 2.85. The second-order valence-electron chi connectivity index (χ2n) is 4.08. The Morgan fingerprint density at radius 1 is 1.43 bits per heavy atom. The van der Waals surface area contributed by atoms with Crippen LogP contribution in [0.3, 0.4) is 0 Å². The van der Waals surface area contributed by atoms with Gasteiger partial charge in [0.2, 0.25) is 15.9 Å². The second-order valence-corrected chi connectivity index (χ2v) is 6.74. The highest BCUT2D eigenvalue weighted by molar-refractivity contribution is 9.10. The molecule has 0 atom stereocenters. The van der Waals surface area contributed by atoms with Crippen molar-refractivity contribution in [1.82, 2.24) is 19.8 Å². The van der Waals surface area contributed by atoms with Crippen LogP contribution >= 0.6 is 15.9 Å². The summed E-state index contributed by atoms with van der Waals surface area (Å²) in [6.45, 7) is 3.99. The largest absolute Gasteiger partial charge is 0.369 e. The van der Waals surface area contributed by atoms with Crippen LogP contribution in [-0.4, -0.2) is 30.1 Å². The summed E-state index contributed by atoms with van der Waals surface area (Å²) in [5.41, 5.74) is 0. The monoisotopic (exact) mass is 375 g/mol. The summed E-state index contributed by atoms with van der Waals surface area (Å²) in [5.74, 6) is 0.934. The van der Waals surface area contributed by atoms with Crippen molar-refractivity contribution < 1.29 is 12.9 Å². The molecule has 2 N–H and O–H groups in total. The molecule has 8 nitrogen and oxygen atoms in total. The molecular formula is C11H14BrN5O3S. The number of rotatable bonds is 6. The first-order valence-electron chi connectivity index (χ1n) is 6.10. The maximum Gasteiger partial charge on any atom is 0.244 e. The van der Waals surface area contributed by atoms with Gasteiger partial charge in [-0.25, -0.2) is 18.1 Å². The third kappa shape index (κ3) is 3.99. The van der Waals surface area contributed by atoms with Crippen LogP contribution in [-0.2, 0) is 16.6 Å². The molecule has 0 radical (unpaired) electrons. The summed E-state index contributed by atoms with van der Waals surface area (Å²) in [6, 6.07) is 1.48. The Kier molecular flexibility index (Phi) is 4.91. The van der Waals surface area contributed by atoms with Crippen LogP contribution in [0.5, 0.6) is 0 Å². The van der Waals surface area contributed by atoms with Crippen molar-refractivity contribution in [3.63, 3.8) is 0 Å². The van der Waals surface area contributed by atoms with Crippen molar-refractivity contribution >= 4 is 31.8 Å². The lowest BCUT2D eigenvalue weighted by Gasteiger charge is -2.11. The molecule has 0 unspecified atom stereocenters. The predicted molar refractivity (Wildman–Crippen MR) is 79.2 cm³/mol. The van der Waals surface area contributed by atoms with E-state index in [0.717, 1.165) is 0 Å². The molecule has 0 saturated heterocycles. The highest BCUT2D eigenvalue weighted by Gasteiger charge is 2.20. The van der Waals surface area contributed by atoms with Gasteiger partial charge < -0.3 is 9.84 Å². The van der Waals surface area contributed by atoms with Gasteiger partial charge in [-0.15, -0.1) is 0 Å². The molecule has 0 aliphatic carbocycles. The van der Waals surface area contributed by atoms with E-state index >= 15 is 0 Å². The maximum absolute atomic E-state index is 12.4. The number of nitrogens with one attached hydrogen (secondary N) is 2. The molecule has 0 bridgehead atoms. The predicted octanol–water partition coefficient (Wildman–Crippen LogP) is 1.45. The molecule has 0 spiro atoms. The quantitative estimate of drug-likeness (QED) is 0.785. The first kappa shape index (κ1) is 15.9. The standard InChI is InChI=1S/C11H14BrN5O3S/c1-3-13-11-9(4-8(12)5-14-11)21(18,19)15-6-10-16-7(2)20-17-10/h4-5,15H,3,6H2,1-2H3,(H,13,14). The molecule has 0 aliphatic rings. The fourth-order valence-electron chi connectivity index (χ4n) is 1.58. The minimum Gasteiger partial charge on any atom is -0.369 e. The normalized spacial score (nSPS) is 11.6. The minimum absolute atomic E-state index is 0.0546. The van der Waals surface area contributed by atoms with E-state index in [-0.39, 0.29) is 23.1 Å². The van der Waals surface area contributed by atoms with Gasteiger partial charge in [0.15, 0.2) is 5.82 Å². The van der Waals surface area contributed by atoms with Gasteiger partial charge in [0.1, 0.15) is 10.7 Å². The van der Waals surface area contributed by atoms with Gasteiger partial charge >= 0.3 is 0 Å². The van der Waals surface area contributed by atoms with E-state index < -0.39 is 10.0 Å². The Morgan fingerprint density at radius 2 is 2.19 bits per heavy atom. The molecule has 0 saturated carbocycles. The van der Waals surface area contributed by atoms with E-state index in [1.165, 1.54) is 12.3 Å². The van der Waals surface area contributed by atoms with Gasteiger partial charge in [-0.1, -0.05) is 5.16 Å². The Bertz CT molecular complexity index is 731. The lowest BCUT2D eigenvalue weighted by molar-refractivity contribution is 0.387. The molecule has 0 fully saturated rings. The highest BCUT2D eigenvalue weighted by Crippen LogP contribution is 2.22. The Balaban J connectivity index is 2.24. The zero-order chi connectivity index (χ0) is 15.5. The highest BCUT2D eigenvalue weighted by atomic mass is 79.9. The lowest BCUT2D eigenvalue weighted by atomic mass is 10.4. The number of hydrogen-bond acceptors (Lipinski definition) is 7. The molecule has 114 valence electrons.